The molecule has 1 unspecified atom stereocenters. The Labute approximate surface area is 98.0 Å². The average Bonchev–Trinajstić information content (AvgIpc) is 2.70. The maximum Gasteiger partial charge on any atom is 0.302 e. The Morgan fingerprint density at radius 2 is 2.35 bits per heavy atom. The number of hydrogen-bond acceptors (Lipinski definition) is 4. The summed E-state index contributed by atoms with van der Waals surface area (Å²) in [7, 11) is -4.54. The molecule has 2 heterocycles. The number of halogens is 1. The molecule has 1 N–H and O–H groups in total. The second-order valence-corrected chi connectivity index (χ2v) is 5.60. The van der Waals surface area contributed by atoms with Gasteiger partial charge in [-0.3, -0.25) is 14.8 Å². The summed E-state index contributed by atoms with van der Waals surface area (Å²) in [5.41, 5.74) is 0.800. The molecule has 6 nitrogen and oxygen atoms in total. The number of aryl methyl sites for hydroxylation is 1. The van der Waals surface area contributed by atoms with Crippen LogP contribution in [0.2, 0.25) is 0 Å². The van der Waals surface area contributed by atoms with E-state index in [-0.39, 0.29) is 18.9 Å². The van der Waals surface area contributed by atoms with Crippen molar-refractivity contribution in [1.82, 2.24) is 10.2 Å². The number of nitrogens with zero attached hydrogens (tertiary/aromatic N) is 2. The molecular weight excluding hydrogens is 249 g/mol. The van der Waals surface area contributed by atoms with Gasteiger partial charge in [-0.05, 0) is 6.92 Å². The standard InChI is InChI=1S/C9H12FN3O3S/c1-6-2-8(12-11-6)13-4-7(3-9(13)14)5-17(10,15)16/h2,7H,3-5H2,1H3,(H,11,12). The number of carbonyl (C=O) groups excluding carboxylic acids is 1. The van der Waals surface area contributed by atoms with E-state index in [1.165, 1.54) is 4.90 Å². The summed E-state index contributed by atoms with van der Waals surface area (Å²) in [6, 6.07) is 1.68. The first-order valence-corrected chi connectivity index (χ1v) is 6.65. The zero-order valence-corrected chi connectivity index (χ0v) is 10.00. The van der Waals surface area contributed by atoms with E-state index in [1.807, 2.05) is 0 Å². The van der Waals surface area contributed by atoms with Gasteiger partial charge in [0, 0.05) is 30.6 Å². The molecule has 0 aliphatic carbocycles. The largest absolute Gasteiger partial charge is 0.302 e. The van der Waals surface area contributed by atoms with Crippen LogP contribution in [0, 0.1) is 12.8 Å². The van der Waals surface area contributed by atoms with Crippen molar-refractivity contribution in [3.05, 3.63) is 11.8 Å². The zero-order chi connectivity index (χ0) is 12.6. The van der Waals surface area contributed by atoms with Gasteiger partial charge in [0.15, 0.2) is 5.82 Å². The topological polar surface area (TPSA) is 83.1 Å². The van der Waals surface area contributed by atoms with Gasteiger partial charge in [-0.1, -0.05) is 0 Å². The molecule has 0 bridgehead atoms. The molecule has 1 aliphatic rings. The fraction of sp³-hybridized carbons (Fsp3) is 0.556. The first-order chi connectivity index (χ1) is 7.85. The lowest BCUT2D eigenvalue weighted by molar-refractivity contribution is -0.117. The summed E-state index contributed by atoms with van der Waals surface area (Å²) in [5, 5.41) is 6.61. The Hall–Kier alpha value is -1.44. The van der Waals surface area contributed by atoms with Crippen LogP contribution in [-0.2, 0) is 15.0 Å². The minimum Gasteiger partial charge on any atom is -0.295 e. The number of aromatic amines is 1. The summed E-state index contributed by atoms with van der Waals surface area (Å²) in [5.74, 6) is -0.899. The number of aromatic nitrogens is 2. The van der Waals surface area contributed by atoms with Gasteiger partial charge in [0.2, 0.25) is 5.91 Å². The van der Waals surface area contributed by atoms with E-state index < -0.39 is 21.9 Å². The van der Waals surface area contributed by atoms with E-state index >= 15 is 0 Å². The lowest BCUT2D eigenvalue weighted by atomic mass is 10.1. The van der Waals surface area contributed by atoms with Crippen molar-refractivity contribution >= 4 is 21.9 Å². The van der Waals surface area contributed by atoms with Crippen LogP contribution in [0.4, 0.5) is 9.70 Å². The van der Waals surface area contributed by atoms with Gasteiger partial charge in [-0.15, -0.1) is 3.89 Å². The number of anilines is 1. The molecule has 1 aromatic heterocycles. The van der Waals surface area contributed by atoms with Crippen LogP contribution < -0.4 is 4.90 Å². The maximum absolute atomic E-state index is 12.5. The number of H-pyrrole nitrogens is 1. The summed E-state index contributed by atoms with van der Waals surface area (Å²) in [6.07, 6.45) is 0.0368. The van der Waals surface area contributed by atoms with Gasteiger partial charge in [-0.2, -0.15) is 13.5 Å². The van der Waals surface area contributed by atoms with Gasteiger partial charge in [0.1, 0.15) is 0 Å². The number of rotatable bonds is 3. The van der Waals surface area contributed by atoms with Crippen molar-refractivity contribution in [2.24, 2.45) is 5.92 Å². The highest BCUT2D eigenvalue weighted by Crippen LogP contribution is 2.25. The molecule has 0 saturated carbocycles. The summed E-state index contributed by atoms with van der Waals surface area (Å²) < 4.78 is 33.6. The highest BCUT2D eigenvalue weighted by atomic mass is 32.3. The monoisotopic (exact) mass is 261 g/mol. The van der Waals surface area contributed by atoms with E-state index in [9.17, 15) is 17.1 Å². The van der Waals surface area contributed by atoms with Gasteiger partial charge < -0.3 is 0 Å². The van der Waals surface area contributed by atoms with Gasteiger partial charge in [-0.25, -0.2) is 0 Å². The fourth-order valence-corrected chi connectivity index (χ4v) is 2.72. The second kappa shape index (κ2) is 4.10. The van der Waals surface area contributed by atoms with Gasteiger partial charge in [0.25, 0.3) is 0 Å². The van der Waals surface area contributed by atoms with Crippen LogP contribution in [0.3, 0.4) is 0 Å². The number of carbonyl (C=O) groups is 1. The smallest absolute Gasteiger partial charge is 0.295 e. The summed E-state index contributed by atoms with van der Waals surface area (Å²) in [6.45, 7) is 1.98. The summed E-state index contributed by atoms with van der Waals surface area (Å²) >= 11 is 0. The highest BCUT2D eigenvalue weighted by molar-refractivity contribution is 7.86. The Morgan fingerprint density at radius 1 is 1.65 bits per heavy atom. The van der Waals surface area contributed by atoms with Crippen LogP contribution in [0.25, 0.3) is 0 Å². The second-order valence-electron chi connectivity index (χ2n) is 4.19. The van der Waals surface area contributed by atoms with E-state index in [4.69, 9.17) is 0 Å². The maximum atomic E-state index is 12.5. The predicted octanol–water partition coefficient (Wildman–Crippen LogP) is 0.370. The molecular formula is C9H12FN3O3S. The minimum absolute atomic E-state index is 0.0368. The van der Waals surface area contributed by atoms with Crippen LogP contribution in [-0.4, -0.2) is 36.8 Å². The van der Waals surface area contributed by atoms with Crippen LogP contribution >= 0.6 is 0 Å². The molecule has 2 rings (SSSR count). The quantitative estimate of drug-likeness (QED) is 0.797. The molecule has 1 amide bonds. The van der Waals surface area contributed by atoms with Crippen molar-refractivity contribution in [3.8, 4) is 0 Å². The van der Waals surface area contributed by atoms with Crippen molar-refractivity contribution in [3.63, 3.8) is 0 Å². The Bertz CT molecular complexity index is 539. The van der Waals surface area contributed by atoms with Crippen LogP contribution in [0.15, 0.2) is 6.07 Å². The molecule has 8 heteroatoms. The SMILES string of the molecule is Cc1cc(N2CC(CS(=O)(=O)F)CC2=O)n[nH]1. The predicted molar refractivity (Wildman–Crippen MR) is 58.7 cm³/mol. The first kappa shape index (κ1) is 12.0. The average molecular weight is 261 g/mol. The molecule has 0 spiro atoms. The normalized spacial score (nSPS) is 21.2. The van der Waals surface area contributed by atoms with Crippen LogP contribution in [0.5, 0.6) is 0 Å². The third-order valence-corrected chi connectivity index (χ3v) is 3.48. The molecule has 1 aromatic rings. The van der Waals surface area contributed by atoms with E-state index in [2.05, 4.69) is 10.2 Å². The van der Waals surface area contributed by atoms with Crippen LogP contribution in [0.1, 0.15) is 12.1 Å². The molecule has 17 heavy (non-hydrogen) atoms. The lowest BCUT2D eigenvalue weighted by Gasteiger charge is -2.12. The number of nitrogens with one attached hydrogen (secondary N) is 1. The lowest BCUT2D eigenvalue weighted by Crippen LogP contribution is -2.25. The highest BCUT2D eigenvalue weighted by Gasteiger charge is 2.34. The molecule has 1 atom stereocenters. The molecule has 94 valence electrons. The van der Waals surface area contributed by atoms with Crippen molar-refractivity contribution in [1.29, 1.82) is 0 Å². The number of hydrogen-bond donors (Lipinski definition) is 1. The molecule has 1 saturated heterocycles. The first-order valence-electron chi connectivity index (χ1n) is 5.10. The third-order valence-electron chi connectivity index (χ3n) is 2.61. The van der Waals surface area contributed by atoms with Crippen molar-refractivity contribution < 1.29 is 17.1 Å². The number of amides is 1. The van der Waals surface area contributed by atoms with Crippen molar-refractivity contribution in [2.75, 3.05) is 17.2 Å². The zero-order valence-electron chi connectivity index (χ0n) is 9.18. The third kappa shape index (κ3) is 2.82. The molecule has 0 aromatic carbocycles. The van der Waals surface area contributed by atoms with Crippen molar-refractivity contribution in [2.45, 2.75) is 13.3 Å². The van der Waals surface area contributed by atoms with E-state index in [0.29, 0.717) is 5.82 Å². The summed E-state index contributed by atoms with van der Waals surface area (Å²) in [4.78, 5) is 13.0. The Balaban J connectivity index is 2.10. The fourth-order valence-electron chi connectivity index (χ4n) is 1.94. The van der Waals surface area contributed by atoms with E-state index in [1.54, 1.807) is 13.0 Å². The minimum atomic E-state index is -4.54. The van der Waals surface area contributed by atoms with E-state index in [0.717, 1.165) is 5.69 Å². The Morgan fingerprint density at radius 3 is 2.88 bits per heavy atom. The molecule has 1 fully saturated rings. The van der Waals surface area contributed by atoms with Gasteiger partial charge >= 0.3 is 10.2 Å². The molecule has 1 aliphatic heterocycles. The van der Waals surface area contributed by atoms with Gasteiger partial charge in [0.05, 0.1) is 5.75 Å². The molecule has 0 radical (unpaired) electrons. The Kier molecular flexibility index (Phi) is 2.90.